The van der Waals surface area contributed by atoms with Gasteiger partial charge in [0, 0.05) is 16.2 Å². The highest BCUT2D eigenvalue weighted by Crippen LogP contribution is 2.31. The summed E-state index contributed by atoms with van der Waals surface area (Å²) in [6, 6.07) is 13.3. The van der Waals surface area contributed by atoms with Crippen molar-refractivity contribution in [1.82, 2.24) is 10.1 Å². The average molecular weight is 390 g/mol. The molecule has 0 saturated carbocycles. The van der Waals surface area contributed by atoms with E-state index in [1.807, 2.05) is 36.4 Å². The van der Waals surface area contributed by atoms with Gasteiger partial charge in [-0.25, -0.2) is 0 Å². The molecule has 0 unspecified atom stereocenters. The Hall–Kier alpha value is -2.54. The molecule has 0 spiro atoms. The number of aromatic nitrogens is 2. The monoisotopic (exact) mass is 389 g/mol. The molecule has 2 aromatic carbocycles. The Kier molecular flexibility index (Phi) is 5.00. The first-order valence-corrected chi connectivity index (χ1v) is 8.04. The van der Waals surface area contributed by atoms with Gasteiger partial charge in [0.2, 0.25) is 11.7 Å². The van der Waals surface area contributed by atoms with Gasteiger partial charge in [-0.2, -0.15) is 4.98 Å². The van der Waals surface area contributed by atoms with Crippen LogP contribution in [0.2, 0.25) is 0 Å². The fourth-order valence-electron chi connectivity index (χ4n) is 2.19. The molecule has 0 aliphatic heterocycles. The lowest BCUT2D eigenvalue weighted by atomic mass is 10.2. The van der Waals surface area contributed by atoms with Crippen molar-refractivity contribution in [3.63, 3.8) is 0 Å². The number of ether oxygens (including phenoxy) is 2. The molecular weight excluding hydrogens is 374 g/mol. The van der Waals surface area contributed by atoms with Crippen molar-refractivity contribution in [2.24, 2.45) is 0 Å². The fourth-order valence-corrected chi connectivity index (χ4v) is 2.62. The molecule has 0 amide bonds. The van der Waals surface area contributed by atoms with Gasteiger partial charge in [-0.05, 0) is 40.2 Å². The summed E-state index contributed by atoms with van der Waals surface area (Å²) >= 11 is 3.49. The first-order valence-electron chi connectivity index (χ1n) is 7.24. The number of nitrogens with one attached hydrogen (secondary N) is 1. The molecule has 1 aromatic heterocycles. The Balaban J connectivity index is 1.77. The van der Waals surface area contributed by atoms with Crippen LogP contribution in [0.3, 0.4) is 0 Å². The minimum atomic E-state index is 0.425. The number of methoxy groups -OCH3 is 2. The maximum absolute atomic E-state index is 5.37. The first kappa shape index (κ1) is 16.3. The Morgan fingerprint density at radius 2 is 1.96 bits per heavy atom. The molecule has 6 nitrogen and oxygen atoms in total. The number of benzene rings is 2. The molecule has 0 radical (unpaired) electrons. The van der Waals surface area contributed by atoms with Crippen LogP contribution in [-0.2, 0) is 6.54 Å². The number of para-hydroxylation sites is 1. The van der Waals surface area contributed by atoms with Crippen LogP contribution in [-0.4, -0.2) is 24.4 Å². The highest BCUT2D eigenvalue weighted by molar-refractivity contribution is 9.10. The molecule has 1 N–H and O–H groups in total. The number of hydrogen-bond acceptors (Lipinski definition) is 6. The van der Waals surface area contributed by atoms with E-state index in [4.69, 9.17) is 14.0 Å². The van der Waals surface area contributed by atoms with E-state index in [1.165, 1.54) is 0 Å². The van der Waals surface area contributed by atoms with Crippen LogP contribution in [0.4, 0.5) is 5.69 Å². The van der Waals surface area contributed by atoms with E-state index < -0.39 is 0 Å². The minimum absolute atomic E-state index is 0.425. The fraction of sp³-hybridized carbons (Fsp3) is 0.176. The second-order valence-corrected chi connectivity index (χ2v) is 5.77. The van der Waals surface area contributed by atoms with Crippen LogP contribution in [0.15, 0.2) is 51.5 Å². The van der Waals surface area contributed by atoms with Gasteiger partial charge in [-0.15, -0.1) is 0 Å². The first-order chi connectivity index (χ1) is 11.7. The highest BCUT2D eigenvalue weighted by Gasteiger charge is 2.14. The Morgan fingerprint density at radius 1 is 1.12 bits per heavy atom. The summed E-state index contributed by atoms with van der Waals surface area (Å²) in [5, 5.41) is 7.27. The Bertz CT molecular complexity index is 835. The molecule has 24 heavy (non-hydrogen) atoms. The summed E-state index contributed by atoms with van der Waals surface area (Å²) < 4.78 is 16.9. The van der Waals surface area contributed by atoms with Crippen molar-refractivity contribution in [2.75, 3.05) is 19.5 Å². The molecule has 0 aliphatic carbocycles. The van der Waals surface area contributed by atoms with Gasteiger partial charge in [0.1, 0.15) is 11.5 Å². The second kappa shape index (κ2) is 7.35. The topological polar surface area (TPSA) is 69.4 Å². The van der Waals surface area contributed by atoms with Crippen molar-refractivity contribution in [1.29, 1.82) is 0 Å². The number of rotatable bonds is 6. The zero-order chi connectivity index (χ0) is 16.9. The van der Waals surface area contributed by atoms with Crippen LogP contribution in [0, 0.1) is 0 Å². The van der Waals surface area contributed by atoms with E-state index in [1.54, 1.807) is 20.3 Å². The van der Waals surface area contributed by atoms with Crippen LogP contribution < -0.4 is 14.8 Å². The van der Waals surface area contributed by atoms with Crippen molar-refractivity contribution in [3.8, 4) is 22.9 Å². The van der Waals surface area contributed by atoms with Gasteiger partial charge < -0.3 is 19.3 Å². The molecule has 0 saturated heterocycles. The quantitative estimate of drug-likeness (QED) is 0.683. The molecule has 0 bridgehead atoms. The third-order valence-electron chi connectivity index (χ3n) is 3.42. The summed E-state index contributed by atoms with van der Waals surface area (Å²) in [5.74, 6) is 2.28. The lowest BCUT2D eigenvalue weighted by Gasteiger charge is -2.07. The lowest BCUT2D eigenvalue weighted by molar-refractivity contribution is 0.382. The van der Waals surface area contributed by atoms with E-state index in [9.17, 15) is 0 Å². The van der Waals surface area contributed by atoms with Crippen molar-refractivity contribution >= 4 is 21.6 Å². The highest BCUT2D eigenvalue weighted by atomic mass is 79.9. The van der Waals surface area contributed by atoms with Gasteiger partial charge in [-0.3, -0.25) is 0 Å². The molecule has 7 heteroatoms. The summed E-state index contributed by atoms with van der Waals surface area (Å²) in [6.07, 6.45) is 0. The van der Waals surface area contributed by atoms with Gasteiger partial charge >= 0.3 is 0 Å². The number of anilines is 1. The number of nitrogens with zero attached hydrogens (tertiary/aromatic N) is 2. The van der Waals surface area contributed by atoms with E-state index in [2.05, 4.69) is 31.4 Å². The standard InChI is InChI=1S/C17H16BrN3O3/c1-22-11-7-8-12(15(9-11)23-2)17-20-16(24-21-17)10-19-14-6-4-3-5-13(14)18/h3-9,19H,10H2,1-2H3. The molecule has 1 heterocycles. The van der Waals surface area contributed by atoms with E-state index in [-0.39, 0.29) is 0 Å². The zero-order valence-corrected chi connectivity index (χ0v) is 14.8. The molecular formula is C17H16BrN3O3. The second-order valence-electron chi connectivity index (χ2n) is 4.91. The van der Waals surface area contributed by atoms with Crippen LogP contribution in [0.25, 0.3) is 11.4 Å². The van der Waals surface area contributed by atoms with Gasteiger partial charge in [0.05, 0.1) is 26.3 Å². The van der Waals surface area contributed by atoms with Crippen molar-refractivity contribution < 1.29 is 14.0 Å². The largest absolute Gasteiger partial charge is 0.497 e. The smallest absolute Gasteiger partial charge is 0.246 e. The number of halogens is 1. The third kappa shape index (κ3) is 3.51. The maximum Gasteiger partial charge on any atom is 0.246 e. The van der Waals surface area contributed by atoms with Crippen molar-refractivity contribution in [2.45, 2.75) is 6.54 Å². The van der Waals surface area contributed by atoms with Crippen LogP contribution in [0.1, 0.15) is 5.89 Å². The molecule has 0 fully saturated rings. The molecule has 0 aliphatic rings. The summed E-state index contributed by atoms with van der Waals surface area (Å²) in [5.41, 5.74) is 1.70. The van der Waals surface area contributed by atoms with Crippen LogP contribution >= 0.6 is 15.9 Å². The Labute approximate surface area is 147 Å². The summed E-state index contributed by atoms with van der Waals surface area (Å²) in [7, 11) is 3.20. The molecule has 3 rings (SSSR count). The summed E-state index contributed by atoms with van der Waals surface area (Å²) in [4.78, 5) is 4.41. The average Bonchev–Trinajstić information content (AvgIpc) is 3.09. The predicted molar refractivity (Wildman–Crippen MR) is 94.3 cm³/mol. The van der Waals surface area contributed by atoms with Gasteiger partial charge in [0.25, 0.3) is 0 Å². The van der Waals surface area contributed by atoms with Gasteiger partial charge in [0.15, 0.2) is 0 Å². The lowest BCUT2D eigenvalue weighted by Crippen LogP contribution is -2.00. The van der Waals surface area contributed by atoms with E-state index >= 15 is 0 Å². The van der Waals surface area contributed by atoms with Gasteiger partial charge in [-0.1, -0.05) is 17.3 Å². The molecule has 0 atom stereocenters. The molecule has 3 aromatic rings. The normalized spacial score (nSPS) is 10.5. The zero-order valence-electron chi connectivity index (χ0n) is 13.2. The van der Waals surface area contributed by atoms with E-state index in [0.717, 1.165) is 15.7 Å². The van der Waals surface area contributed by atoms with Crippen LogP contribution in [0.5, 0.6) is 11.5 Å². The predicted octanol–water partition coefficient (Wildman–Crippen LogP) is 4.13. The SMILES string of the molecule is COc1ccc(-c2noc(CNc3ccccc3Br)n2)c(OC)c1. The summed E-state index contributed by atoms with van der Waals surface area (Å²) in [6.45, 7) is 0.425. The third-order valence-corrected chi connectivity index (χ3v) is 4.11. The molecule has 124 valence electrons. The number of hydrogen-bond donors (Lipinski definition) is 1. The van der Waals surface area contributed by atoms with Crippen molar-refractivity contribution in [3.05, 3.63) is 52.8 Å². The Morgan fingerprint density at radius 3 is 2.71 bits per heavy atom. The van der Waals surface area contributed by atoms with E-state index in [0.29, 0.717) is 29.8 Å². The maximum atomic E-state index is 5.37. The minimum Gasteiger partial charge on any atom is -0.497 e.